The zero-order valence-corrected chi connectivity index (χ0v) is 23.6. The lowest BCUT2D eigenvalue weighted by atomic mass is 9.69. The summed E-state index contributed by atoms with van der Waals surface area (Å²) in [5, 5.41) is 26.6. The van der Waals surface area contributed by atoms with Crippen LogP contribution in [0.1, 0.15) is 79.7 Å². The Morgan fingerprint density at radius 2 is 1.88 bits per heavy atom. The van der Waals surface area contributed by atoms with Crippen LogP contribution in [0.3, 0.4) is 0 Å². The zero-order valence-electron chi connectivity index (χ0n) is 22.9. The molecule has 0 amide bonds. The number of rotatable bonds is 9. The maximum Gasteiger partial charge on any atom is 0.348 e. The highest BCUT2D eigenvalue weighted by Crippen LogP contribution is 2.56. The van der Waals surface area contributed by atoms with Gasteiger partial charge in [-0.15, -0.1) is 0 Å². The van der Waals surface area contributed by atoms with Gasteiger partial charge in [-0.25, -0.2) is 9.18 Å². The molecular formula is C32H33ClFNO6. The van der Waals surface area contributed by atoms with Gasteiger partial charge in [0.2, 0.25) is 5.60 Å². The van der Waals surface area contributed by atoms with E-state index in [1.807, 2.05) is 25.1 Å². The van der Waals surface area contributed by atoms with Gasteiger partial charge >= 0.3 is 5.97 Å². The first-order chi connectivity index (χ1) is 19.7. The van der Waals surface area contributed by atoms with Gasteiger partial charge in [-0.2, -0.15) is 0 Å². The summed E-state index contributed by atoms with van der Waals surface area (Å²) in [6.07, 6.45) is 5.68. The first kappa shape index (κ1) is 26.9. The second-order valence-corrected chi connectivity index (χ2v) is 12.8. The number of hydrogen-bond acceptors (Lipinski definition) is 6. The number of aliphatic carboxylic acids is 1. The van der Waals surface area contributed by atoms with Crippen LogP contribution in [0, 0.1) is 24.6 Å². The molecule has 7 rings (SSSR count). The Kier molecular flexibility index (Phi) is 6.45. The Balaban J connectivity index is 1.11. The topological polar surface area (TPSA) is 102 Å². The summed E-state index contributed by atoms with van der Waals surface area (Å²) in [5.41, 5.74) is 1.48. The van der Waals surface area contributed by atoms with Crippen molar-refractivity contribution in [1.82, 2.24) is 5.16 Å². The molecule has 3 aromatic rings. The molecule has 0 aliphatic heterocycles. The minimum atomic E-state index is -1.29. The monoisotopic (exact) mass is 581 g/mol. The summed E-state index contributed by atoms with van der Waals surface area (Å²) in [5.74, 6) is -0.467. The van der Waals surface area contributed by atoms with E-state index in [1.54, 1.807) is 6.07 Å². The number of carboxylic acid groups (broad SMARTS) is 1. The Hall–Kier alpha value is -2.94. The summed E-state index contributed by atoms with van der Waals surface area (Å²) in [4.78, 5) is 11.6. The van der Waals surface area contributed by atoms with Crippen molar-refractivity contribution in [1.29, 1.82) is 0 Å². The van der Waals surface area contributed by atoms with E-state index in [1.165, 1.54) is 12.1 Å². The van der Waals surface area contributed by atoms with Crippen LogP contribution in [-0.4, -0.2) is 33.0 Å². The molecule has 0 spiro atoms. The van der Waals surface area contributed by atoms with Crippen molar-refractivity contribution in [2.75, 3.05) is 0 Å². The number of aliphatic hydroxyl groups is 1. The predicted molar refractivity (Wildman–Crippen MR) is 148 cm³/mol. The number of carbonyl (C=O) groups is 1. The molecule has 4 atom stereocenters. The first-order valence-corrected chi connectivity index (χ1v) is 14.9. The Morgan fingerprint density at radius 1 is 1.15 bits per heavy atom. The maximum absolute atomic E-state index is 14.7. The third-order valence-electron chi connectivity index (χ3n) is 9.63. The summed E-state index contributed by atoms with van der Waals surface area (Å²) in [6, 6.07) is 9.96. The van der Waals surface area contributed by atoms with E-state index in [-0.39, 0.29) is 23.7 Å². The summed E-state index contributed by atoms with van der Waals surface area (Å²) >= 11 is 6.59. The highest BCUT2D eigenvalue weighted by molar-refractivity contribution is 6.33. The van der Waals surface area contributed by atoms with Crippen LogP contribution in [0.4, 0.5) is 4.39 Å². The molecule has 2 N–H and O–H groups in total. The van der Waals surface area contributed by atoms with Gasteiger partial charge in [0.15, 0.2) is 0 Å². The number of carboxylic acids is 1. The van der Waals surface area contributed by atoms with Crippen LogP contribution in [0.2, 0.25) is 5.02 Å². The van der Waals surface area contributed by atoms with E-state index in [0.29, 0.717) is 48.8 Å². The smallest absolute Gasteiger partial charge is 0.348 e. The number of aromatic nitrogens is 1. The van der Waals surface area contributed by atoms with Crippen molar-refractivity contribution in [3.63, 3.8) is 0 Å². The van der Waals surface area contributed by atoms with Gasteiger partial charge < -0.3 is 24.2 Å². The summed E-state index contributed by atoms with van der Waals surface area (Å²) in [6.45, 7) is 2.35. The van der Waals surface area contributed by atoms with E-state index < -0.39 is 23.0 Å². The van der Waals surface area contributed by atoms with E-state index in [2.05, 4.69) is 5.16 Å². The number of halogens is 2. The van der Waals surface area contributed by atoms with Crippen molar-refractivity contribution in [3.8, 4) is 17.0 Å². The number of ether oxygens (including phenoxy) is 2. The van der Waals surface area contributed by atoms with Crippen LogP contribution in [0.25, 0.3) is 11.3 Å². The third kappa shape index (κ3) is 4.64. The maximum atomic E-state index is 14.7. The fourth-order valence-corrected chi connectivity index (χ4v) is 7.43. The fraction of sp³-hybridized carbons (Fsp3) is 0.500. The molecule has 4 aliphatic carbocycles. The molecule has 2 aromatic carbocycles. The van der Waals surface area contributed by atoms with Crippen molar-refractivity contribution >= 4 is 17.6 Å². The molecule has 41 heavy (non-hydrogen) atoms. The molecule has 9 heteroatoms. The Labute approximate surface area is 242 Å². The second kappa shape index (κ2) is 9.82. The van der Waals surface area contributed by atoms with Crippen LogP contribution >= 0.6 is 11.6 Å². The van der Waals surface area contributed by atoms with Crippen molar-refractivity contribution < 1.29 is 33.4 Å². The van der Waals surface area contributed by atoms with Gasteiger partial charge in [-0.1, -0.05) is 28.9 Å². The highest BCUT2D eigenvalue weighted by atomic mass is 35.5. The van der Waals surface area contributed by atoms with E-state index in [9.17, 15) is 19.4 Å². The number of aryl methyl sites for hydroxylation is 1. The van der Waals surface area contributed by atoms with Crippen LogP contribution in [0.5, 0.6) is 5.75 Å². The molecular weight excluding hydrogens is 549 g/mol. The Bertz CT molecular complexity index is 1480. The van der Waals surface area contributed by atoms with E-state index in [4.69, 9.17) is 25.6 Å². The van der Waals surface area contributed by atoms with Crippen molar-refractivity contribution in [3.05, 3.63) is 69.7 Å². The lowest BCUT2D eigenvalue weighted by molar-refractivity contribution is -0.147. The number of benzene rings is 2. The SMILES string of the molecule is Cc1cccc(Cl)c1-c1noc(C2CC2)c1COC1C[C@H]2CC[C@@H](C1)C2(O)c1cc(F)cc(OC2(C(=O)O)CC2)c1. The summed E-state index contributed by atoms with van der Waals surface area (Å²) in [7, 11) is 0. The normalized spacial score (nSPS) is 28.0. The van der Waals surface area contributed by atoms with Gasteiger partial charge in [0.25, 0.3) is 0 Å². The fourth-order valence-electron chi connectivity index (χ4n) is 7.12. The second-order valence-electron chi connectivity index (χ2n) is 12.4. The van der Waals surface area contributed by atoms with Gasteiger partial charge in [0.05, 0.1) is 23.3 Å². The molecule has 1 aromatic heterocycles. The Morgan fingerprint density at radius 3 is 2.51 bits per heavy atom. The molecule has 4 saturated carbocycles. The number of hydrogen-bond donors (Lipinski definition) is 2. The minimum Gasteiger partial charge on any atom is -0.478 e. The molecule has 2 bridgehead atoms. The van der Waals surface area contributed by atoms with Gasteiger partial charge in [-0.05, 0) is 86.6 Å². The summed E-state index contributed by atoms with van der Waals surface area (Å²) < 4.78 is 32.8. The molecule has 216 valence electrons. The highest BCUT2D eigenvalue weighted by Gasteiger charge is 2.56. The van der Waals surface area contributed by atoms with Crippen molar-refractivity contribution in [2.45, 2.75) is 88.1 Å². The molecule has 2 unspecified atom stereocenters. The standard InChI is InChI=1S/C32H33ClFNO6/c1-17-3-2-4-26(33)27(17)28-25(29(41-35-28)18-5-6-18)16-39-23-12-19-7-8-20(13-23)32(19,38)21-11-22(34)15-24(14-21)40-31(9-10-31)30(36)37/h2-4,11,14-15,18-20,23,38H,5-10,12-13,16H2,1H3,(H,36,37)/t19-,20+,23?,32?. The predicted octanol–water partition coefficient (Wildman–Crippen LogP) is 6.91. The van der Waals surface area contributed by atoms with Gasteiger partial charge in [0.1, 0.15) is 23.0 Å². The molecule has 4 aliphatic rings. The quantitative estimate of drug-likeness (QED) is 0.283. The van der Waals surface area contributed by atoms with Gasteiger partial charge in [0, 0.05) is 36.0 Å². The van der Waals surface area contributed by atoms with Crippen LogP contribution in [0.15, 0.2) is 40.9 Å². The molecule has 4 fully saturated rings. The van der Waals surface area contributed by atoms with Crippen LogP contribution in [-0.2, 0) is 21.7 Å². The lowest BCUT2D eigenvalue weighted by Crippen LogP contribution is -2.44. The van der Waals surface area contributed by atoms with E-state index in [0.717, 1.165) is 53.8 Å². The van der Waals surface area contributed by atoms with Crippen LogP contribution < -0.4 is 4.74 Å². The largest absolute Gasteiger partial charge is 0.478 e. The molecule has 7 nitrogen and oxygen atoms in total. The molecule has 0 radical (unpaired) electrons. The molecule has 0 saturated heterocycles. The van der Waals surface area contributed by atoms with E-state index >= 15 is 0 Å². The average Bonchev–Trinajstić information content (AvgIpc) is 3.85. The number of fused-ring (bicyclic) bond motifs is 2. The third-order valence-corrected chi connectivity index (χ3v) is 9.95. The minimum absolute atomic E-state index is 0.0825. The van der Waals surface area contributed by atoms with Crippen molar-refractivity contribution in [2.24, 2.45) is 11.8 Å². The lowest BCUT2D eigenvalue weighted by Gasteiger charge is -2.43. The first-order valence-electron chi connectivity index (χ1n) is 14.5. The zero-order chi connectivity index (χ0) is 28.5. The number of nitrogens with zero attached hydrogens (tertiary/aromatic N) is 1. The average molecular weight is 582 g/mol. The van der Waals surface area contributed by atoms with Gasteiger partial charge in [-0.3, -0.25) is 0 Å². The molecule has 1 heterocycles.